The number of unbranched alkanes of at least 4 members (excludes halogenated alkanes) is 3. The van der Waals surface area contributed by atoms with Gasteiger partial charge in [0.2, 0.25) is 0 Å². The molecule has 3 aliphatic rings. The van der Waals surface area contributed by atoms with E-state index in [1.807, 2.05) is 13.0 Å². The summed E-state index contributed by atoms with van der Waals surface area (Å²) in [6, 6.07) is 3.85. The molecule has 2 saturated heterocycles. The summed E-state index contributed by atoms with van der Waals surface area (Å²) in [7, 11) is 0. The second kappa shape index (κ2) is 12.6. The van der Waals surface area contributed by atoms with Crippen LogP contribution in [0.2, 0.25) is 0 Å². The van der Waals surface area contributed by atoms with Crippen molar-refractivity contribution >= 4 is 11.8 Å². The maximum atomic E-state index is 12.4. The van der Waals surface area contributed by atoms with Crippen LogP contribution < -0.4 is 5.32 Å². The van der Waals surface area contributed by atoms with Crippen molar-refractivity contribution in [2.75, 3.05) is 38.2 Å². The molecule has 2 fully saturated rings. The fourth-order valence-electron chi connectivity index (χ4n) is 6.48. The monoisotopic (exact) mass is 509 g/mol. The minimum atomic E-state index is -0.761. The number of ether oxygens (including phenoxy) is 1. The number of carboxylic acid groups (broad SMARTS) is 1. The summed E-state index contributed by atoms with van der Waals surface area (Å²) < 4.78 is 5.69. The van der Waals surface area contributed by atoms with Crippen LogP contribution >= 0.6 is 0 Å². The van der Waals surface area contributed by atoms with Crippen molar-refractivity contribution in [2.45, 2.75) is 84.6 Å². The zero-order valence-corrected chi connectivity index (χ0v) is 23.2. The number of aromatic nitrogens is 1. The van der Waals surface area contributed by atoms with Gasteiger partial charge in [-0.2, -0.15) is 0 Å². The van der Waals surface area contributed by atoms with Crippen LogP contribution in [0.4, 0.5) is 5.82 Å². The Balaban J connectivity index is 1.18. The molecule has 4 heterocycles. The molecule has 0 aromatic carbocycles. The summed E-state index contributed by atoms with van der Waals surface area (Å²) in [5, 5.41) is 13.6. The van der Waals surface area contributed by atoms with Crippen molar-refractivity contribution in [2.24, 2.45) is 17.3 Å². The molecule has 37 heavy (non-hydrogen) atoms. The van der Waals surface area contributed by atoms with Crippen molar-refractivity contribution in [3.8, 4) is 0 Å². The van der Waals surface area contributed by atoms with E-state index in [4.69, 9.17) is 9.72 Å². The number of likely N-dealkylation sites (tertiary alicyclic amines) is 1. The quantitative estimate of drug-likeness (QED) is 0.271. The van der Waals surface area contributed by atoms with Crippen molar-refractivity contribution < 1.29 is 14.6 Å². The maximum absolute atomic E-state index is 12.4. The number of rotatable bonds is 12. The number of nitrogens with zero attached hydrogens (tertiary/aromatic N) is 2. The predicted octanol–water partition coefficient (Wildman–Crippen LogP) is 5.88. The van der Waals surface area contributed by atoms with Crippen LogP contribution in [0.15, 0.2) is 35.9 Å². The molecule has 0 amide bonds. The van der Waals surface area contributed by atoms with E-state index >= 15 is 0 Å². The summed E-state index contributed by atoms with van der Waals surface area (Å²) >= 11 is 0. The van der Waals surface area contributed by atoms with Crippen molar-refractivity contribution in [1.82, 2.24) is 9.88 Å². The molecule has 2 atom stereocenters. The van der Waals surface area contributed by atoms with Gasteiger partial charge >= 0.3 is 5.97 Å². The fourth-order valence-corrected chi connectivity index (χ4v) is 6.48. The van der Waals surface area contributed by atoms with E-state index in [-0.39, 0.29) is 11.3 Å². The summed E-state index contributed by atoms with van der Waals surface area (Å²) in [6.45, 7) is 14.9. The standard InChI is InChI=1S/C31H47N3O3/c1-5-26(22(2)27-16-18-37-21-31(27,3)4)28(30(35)36)34-19-23(20-34)11-8-6-7-9-13-25-15-14-24-12-10-17-32-29(24)33-25/h5,14-15,23,27-28H,2,6-13,16-21H2,1,3-4H3,(H,32,33)(H,35,36)/b26-5+. The van der Waals surface area contributed by atoms with E-state index in [1.54, 1.807) is 0 Å². The van der Waals surface area contributed by atoms with Gasteiger partial charge in [-0.15, -0.1) is 0 Å². The number of hydrogen-bond acceptors (Lipinski definition) is 5. The lowest BCUT2D eigenvalue weighted by molar-refractivity contribution is -0.144. The van der Waals surface area contributed by atoms with Crippen LogP contribution in [0, 0.1) is 17.3 Å². The largest absolute Gasteiger partial charge is 0.480 e. The van der Waals surface area contributed by atoms with Gasteiger partial charge in [0.05, 0.1) is 6.61 Å². The van der Waals surface area contributed by atoms with Gasteiger partial charge in [0, 0.05) is 31.9 Å². The van der Waals surface area contributed by atoms with E-state index in [1.165, 1.54) is 49.8 Å². The Morgan fingerprint density at radius 2 is 2.08 bits per heavy atom. The van der Waals surface area contributed by atoms with Crippen molar-refractivity contribution in [1.29, 1.82) is 0 Å². The zero-order chi connectivity index (χ0) is 26.4. The molecule has 0 radical (unpaired) electrons. The second-order valence-electron chi connectivity index (χ2n) is 12.0. The fraction of sp³-hybridized carbons (Fsp3) is 0.677. The lowest BCUT2D eigenvalue weighted by atomic mass is 9.69. The Bertz CT molecular complexity index is 980. The van der Waals surface area contributed by atoms with Gasteiger partial charge in [-0.05, 0) is 85.5 Å². The lowest BCUT2D eigenvalue weighted by Crippen LogP contribution is -2.56. The first-order valence-corrected chi connectivity index (χ1v) is 14.4. The number of carboxylic acids is 1. The number of hydrogen-bond donors (Lipinski definition) is 2. The molecule has 1 aromatic heterocycles. The third-order valence-corrected chi connectivity index (χ3v) is 8.70. The summed E-state index contributed by atoms with van der Waals surface area (Å²) in [5.41, 5.74) is 4.39. The van der Waals surface area contributed by atoms with Crippen LogP contribution in [-0.2, 0) is 22.4 Å². The number of aryl methyl sites for hydroxylation is 2. The number of nitrogens with one attached hydrogen (secondary N) is 1. The van der Waals surface area contributed by atoms with Crippen LogP contribution in [0.5, 0.6) is 0 Å². The minimum Gasteiger partial charge on any atom is -0.480 e. The van der Waals surface area contributed by atoms with Crippen molar-refractivity contribution in [3.05, 3.63) is 47.2 Å². The highest BCUT2D eigenvalue weighted by molar-refractivity contribution is 5.79. The Labute approximate surface area is 223 Å². The number of allylic oxidation sites excluding steroid dienone is 1. The highest BCUT2D eigenvalue weighted by atomic mass is 16.5. The van der Waals surface area contributed by atoms with Crippen LogP contribution in [0.1, 0.15) is 77.0 Å². The summed E-state index contributed by atoms with van der Waals surface area (Å²) in [4.78, 5) is 19.3. The van der Waals surface area contributed by atoms with Gasteiger partial charge in [0.1, 0.15) is 11.9 Å². The Kier molecular flexibility index (Phi) is 9.46. The van der Waals surface area contributed by atoms with Gasteiger partial charge in [-0.1, -0.05) is 51.8 Å². The highest BCUT2D eigenvalue weighted by Crippen LogP contribution is 2.42. The van der Waals surface area contributed by atoms with Crippen LogP contribution in [-0.4, -0.2) is 59.8 Å². The smallest absolute Gasteiger partial charge is 0.325 e. The maximum Gasteiger partial charge on any atom is 0.325 e. The molecular weight excluding hydrogens is 462 g/mol. The van der Waals surface area contributed by atoms with Crippen molar-refractivity contribution in [3.63, 3.8) is 0 Å². The number of aliphatic carboxylic acids is 1. The highest BCUT2D eigenvalue weighted by Gasteiger charge is 2.42. The minimum absolute atomic E-state index is 0.0308. The number of anilines is 1. The predicted molar refractivity (Wildman–Crippen MR) is 150 cm³/mol. The van der Waals surface area contributed by atoms with E-state index < -0.39 is 12.0 Å². The zero-order valence-electron chi connectivity index (χ0n) is 23.2. The first-order valence-electron chi connectivity index (χ1n) is 14.4. The molecule has 204 valence electrons. The van der Waals surface area contributed by atoms with Crippen LogP contribution in [0.25, 0.3) is 0 Å². The first-order chi connectivity index (χ1) is 17.8. The Morgan fingerprint density at radius 1 is 1.30 bits per heavy atom. The lowest BCUT2D eigenvalue weighted by Gasteiger charge is -2.46. The van der Waals surface area contributed by atoms with E-state index in [9.17, 15) is 9.90 Å². The van der Waals surface area contributed by atoms with Crippen LogP contribution in [0.3, 0.4) is 0 Å². The van der Waals surface area contributed by atoms with Gasteiger partial charge in [-0.3, -0.25) is 9.69 Å². The Hall–Kier alpha value is -2.18. The second-order valence-corrected chi connectivity index (χ2v) is 12.0. The summed E-state index contributed by atoms with van der Waals surface area (Å²) in [5.74, 6) is 1.18. The molecule has 6 heteroatoms. The molecule has 3 aliphatic heterocycles. The average molecular weight is 510 g/mol. The average Bonchev–Trinajstić information content (AvgIpc) is 2.85. The summed E-state index contributed by atoms with van der Waals surface area (Å²) in [6.07, 6.45) is 12.3. The first kappa shape index (κ1) is 27.8. The third-order valence-electron chi connectivity index (χ3n) is 8.70. The topological polar surface area (TPSA) is 74.7 Å². The molecule has 6 nitrogen and oxygen atoms in total. The molecule has 0 bridgehead atoms. The molecule has 1 aromatic rings. The molecule has 4 rings (SSSR count). The number of carbonyl (C=O) groups is 1. The molecule has 2 N–H and O–H groups in total. The molecule has 0 aliphatic carbocycles. The van der Waals surface area contributed by atoms with E-state index in [0.29, 0.717) is 19.1 Å². The molecular formula is C31H47N3O3. The molecule has 0 saturated carbocycles. The third kappa shape index (κ3) is 6.83. The van der Waals surface area contributed by atoms with Gasteiger partial charge in [0.15, 0.2) is 0 Å². The Morgan fingerprint density at radius 3 is 2.81 bits per heavy atom. The number of pyridine rings is 1. The van der Waals surface area contributed by atoms with E-state index in [0.717, 1.165) is 55.9 Å². The van der Waals surface area contributed by atoms with Gasteiger partial charge in [0.25, 0.3) is 0 Å². The molecule has 0 spiro atoms. The van der Waals surface area contributed by atoms with Gasteiger partial charge in [-0.25, -0.2) is 4.98 Å². The SMILES string of the molecule is C=C(/C(=C\C)C(C(=O)O)N1CC(CCCCCCc2ccc3c(n2)NCCC3)C1)C1CCOCC1(C)C. The van der Waals surface area contributed by atoms with Gasteiger partial charge < -0.3 is 15.2 Å². The normalized spacial score (nSPS) is 23.0. The van der Waals surface area contributed by atoms with E-state index in [2.05, 4.69) is 42.8 Å². The molecule has 2 unspecified atom stereocenters. The number of fused-ring (bicyclic) bond motifs is 1.